The first-order chi connectivity index (χ1) is 13.2. The van der Waals surface area contributed by atoms with Crippen LogP contribution in [0, 0.1) is 11.8 Å². The van der Waals surface area contributed by atoms with Crippen LogP contribution >= 0.6 is 27.5 Å². The zero-order chi connectivity index (χ0) is 20.8. The van der Waals surface area contributed by atoms with Crippen molar-refractivity contribution in [1.82, 2.24) is 0 Å². The van der Waals surface area contributed by atoms with Crippen LogP contribution in [-0.2, 0) is 9.59 Å². The standard InChI is InChI=1S/C21H21BrClNO4/c1-12(2)20(25)27-18-10-15(22)9-14(19(18)28-21(26)13(3)4)11-24-17-7-5-16(23)6-8-17/h5-13H,1-4H3. The molecule has 0 atom stereocenters. The third-order valence-electron chi connectivity index (χ3n) is 3.58. The van der Waals surface area contributed by atoms with Crippen LogP contribution in [0.5, 0.6) is 11.5 Å². The van der Waals surface area contributed by atoms with E-state index < -0.39 is 11.9 Å². The fraction of sp³-hybridized carbons (Fsp3) is 0.286. The maximum absolute atomic E-state index is 12.2. The van der Waals surface area contributed by atoms with E-state index in [1.807, 2.05) is 0 Å². The number of nitrogens with zero attached hydrogens (tertiary/aromatic N) is 1. The monoisotopic (exact) mass is 465 g/mol. The van der Waals surface area contributed by atoms with Gasteiger partial charge in [0, 0.05) is 21.3 Å². The minimum Gasteiger partial charge on any atom is -0.422 e. The Hall–Kier alpha value is -2.18. The first-order valence-electron chi connectivity index (χ1n) is 8.74. The fourth-order valence-corrected chi connectivity index (χ4v) is 2.57. The molecule has 0 amide bonds. The molecule has 0 fully saturated rings. The minimum absolute atomic E-state index is 0.147. The summed E-state index contributed by atoms with van der Waals surface area (Å²) in [6.07, 6.45) is 1.55. The van der Waals surface area contributed by atoms with Crippen molar-refractivity contribution in [3.8, 4) is 11.5 Å². The average Bonchev–Trinajstić information content (AvgIpc) is 2.63. The molecule has 2 rings (SSSR count). The molecular weight excluding hydrogens is 446 g/mol. The van der Waals surface area contributed by atoms with Gasteiger partial charge >= 0.3 is 11.9 Å². The third-order valence-corrected chi connectivity index (χ3v) is 4.29. The lowest BCUT2D eigenvalue weighted by atomic mass is 10.1. The average molecular weight is 467 g/mol. The van der Waals surface area contributed by atoms with Crippen molar-refractivity contribution in [1.29, 1.82) is 0 Å². The molecule has 0 unspecified atom stereocenters. The quantitative estimate of drug-likeness (QED) is 0.298. The summed E-state index contributed by atoms with van der Waals surface area (Å²) in [5.74, 6) is -1.25. The molecule has 0 bridgehead atoms. The van der Waals surface area contributed by atoms with Gasteiger partial charge in [-0.1, -0.05) is 55.2 Å². The largest absolute Gasteiger partial charge is 0.422 e. The summed E-state index contributed by atoms with van der Waals surface area (Å²) in [5, 5.41) is 0.607. The third kappa shape index (κ3) is 6.17. The first kappa shape index (κ1) is 22.1. The number of esters is 2. The topological polar surface area (TPSA) is 65.0 Å². The van der Waals surface area contributed by atoms with Crippen molar-refractivity contribution in [2.24, 2.45) is 16.8 Å². The van der Waals surface area contributed by atoms with Gasteiger partial charge in [-0.2, -0.15) is 0 Å². The molecule has 0 aliphatic carbocycles. The number of ether oxygens (including phenoxy) is 2. The maximum Gasteiger partial charge on any atom is 0.313 e. The van der Waals surface area contributed by atoms with Crippen LogP contribution in [0.15, 0.2) is 45.9 Å². The molecule has 0 radical (unpaired) electrons. The van der Waals surface area contributed by atoms with Crippen LogP contribution in [0.2, 0.25) is 5.02 Å². The van der Waals surface area contributed by atoms with E-state index in [0.29, 0.717) is 20.7 Å². The predicted octanol–water partition coefficient (Wildman–Crippen LogP) is 5.98. The van der Waals surface area contributed by atoms with E-state index in [9.17, 15) is 9.59 Å². The Morgan fingerprint density at radius 2 is 1.57 bits per heavy atom. The number of rotatable bonds is 6. The van der Waals surface area contributed by atoms with Gasteiger partial charge in [0.1, 0.15) is 0 Å². The molecule has 0 spiro atoms. The highest BCUT2D eigenvalue weighted by atomic mass is 79.9. The highest BCUT2D eigenvalue weighted by molar-refractivity contribution is 9.10. The summed E-state index contributed by atoms with van der Waals surface area (Å²) in [6.45, 7) is 6.90. The van der Waals surface area contributed by atoms with Gasteiger partial charge in [0.25, 0.3) is 0 Å². The summed E-state index contributed by atoms with van der Waals surface area (Å²) < 4.78 is 11.6. The maximum atomic E-state index is 12.2. The molecule has 148 valence electrons. The molecule has 0 N–H and O–H groups in total. The molecule has 2 aromatic carbocycles. The SMILES string of the molecule is CC(C)C(=O)Oc1cc(Br)cc(C=Nc2ccc(Cl)cc2)c1OC(=O)C(C)C. The summed E-state index contributed by atoms with van der Waals surface area (Å²) in [7, 11) is 0. The van der Waals surface area contributed by atoms with Crippen molar-refractivity contribution >= 4 is 51.4 Å². The van der Waals surface area contributed by atoms with E-state index in [-0.39, 0.29) is 23.3 Å². The fourth-order valence-electron chi connectivity index (χ4n) is 1.99. The van der Waals surface area contributed by atoms with Gasteiger partial charge in [-0.05, 0) is 36.4 Å². The smallest absolute Gasteiger partial charge is 0.313 e. The number of hydrogen-bond donors (Lipinski definition) is 0. The molecule has 0 aromatic heterocycles. The second kappa shape index (κ2) is 9.85. The summed E-state index contributed by atoms with van der Waals surface area (Å²) >= 11 is 9.29. The molecule has 7 heteroatoms. The Morgan fingerprint density at radius 3 is 2.14 bits per heavy atom. The molecule has 28 heavy (non-hydrogen) atoms. The molecule has 0 heterocycles. The number of aliphatic imine (C=N–C) groups is 1. The van der Waals surface area contributed by atoms with Crippen LogP contribution in [0.4, 0.5) is 5.69 Å². The van der Waals surface area contributed by atoms with Crippen LogP contribution < -0.4 is 9.47 Å². The van der Waals surface area contributed by atoms with Gasteiger partial charge < -0.3 is 9.47 Å². The van der Waals surface area contributed by atoms with E-state index in [4.69, 9.17) is 21.1 Å². The van der Waals surface area contributed by atoms with E-state index in [0.717, 1.165) is 0 Å². The van der Waals surface area contributed by atoms with E-state index in [2.05, 4.69) is 20.9 Å². The van der Waals surface area contributed by atoms with Crippen molar-refractivity contribution in [3.05, 3.63) is 51.5 Å². The molecule has 0 aliphatic heterocycles. The normalized spacial score (nSPS) is 11.3. The summed E-state index contributed by atoms with van der Waals surface area (Å²) in [5.41, 5.74) is 1.16. The lowest BCUT2D eigenvalue weighted by Crippen LogP contribution is -2.19. The van der Waals surface area contributed by atoms with Crippen LogP contribution in [0.25, 0.3) is 0 Å². The minimum atomic E-state index is -0.440. The van der Waals surface area contributed by atoms with Gasteiger partial charge in [-0.3, -0.25) is 14.6 Å². The van der Waals surface area contributed by atoms with E-state index in [1.54, 1.807) is 70.3 Å². The zero-order valence-corrected chi connectivity index (χ0v) is 18.4. The van der Waals surface area contributed by atoms with E-state index in [1.165, 1.54) is 0 Å². The van der Waals surface area contributed by atoms with Gasteiger partial charge in [-0.25, -0.2) is 0 Å². The van der Waals surface area contributed by atoms with Crippen LogP contribution in [0.1, 0.15) is 33.3 Å². The Bertz CT molecular complexity index is 892. The van der Waals surface area contributed by atoms with Crippen LogP contribution in [-0.4, -0.2) is 18.2 Å². The van der Waals surface area contributed by atoms with Gasteiger partial charge in [-0.15, -0.1) is 0 Å². The number of benzene rings is 2. The Labute approximate surface area is 177 Å². The molecular formula is C21H21BrClNO4. The lowest BCUT2D eigenvalue weighted by molar-refractivity contribution is -0.140. The highest BCUT2D eigenvalue weighted by Crippen LogP contribution is 2.36. The number of halogens is 2. The highest BCUT2D eigenvalue weighted by Gasteiger charge is 2.21. The van der Waals surface area contributed by atoms with Crippen molar-refractivity contribution in [3.63, 3.8) is 0 Å². The van der Waals surface area contributed by atoms with Crippen LogP contribution in [0.3, 0.4) is 0 Å². The van der Waals surface area contributed by atoms with Crippen molar-refractivity contribution in [2.75, 3.05) is 0 Å². The molecule has 5 nitrogen and oxygen atoms in total. The van der Waals surface area contributed by atoms with Gasteiger partial charge in [0.15, 0.2) is 11.5 Å². The Kier molecular flexibility index (Phi) is 7.78. The molecule has 0 saturated heterocycles. The first-order valence-corrected chi connectivity index (χ1v) is 9.91. The summed E-state index contributed by atoms with van der Waals surface area (Å²) in [6, 6.07) is 10.3. The van der Waals surface area contributed by atoms with Crippen molar-refractivity contribution in [2.45, 2.75) is 27.7 Å². The molecule has 0 saturated carbocycles. The number of hydrogen-bond acceptors (Lipinski definition) is 5. The predicted molar refractivity (Wildman–Crippen MR) is 114 cm³/mol. The summed E-state index contributed by atoms with van der Waals surface area (Å²) in [4.78, 5) is 28.7. The molecule has 0 aliphatic rings. The Morgan fingerprint density at radius 1 is 1.00 bits per heavy atom. The van der Waals surface area contributed by atoms with Gasteiger partial charge in [0.2, 0.25) is 0 Å². The van der Waals surface area contributed by atoms with E-state index >= 15 is 0 Å². The van der Waals surface area contributed by atoms with Gasteiger partial charge in [0.05, 0.1) is 17.5 Å². The number of carbonyl (C=O) groups is 2. The van der Waals surface area contributed by atoms with Crippen molar-refractivity contribution < 1.29 is 19.1 Å². The second-order valence-corrected chi connectivity index (χ2v) is 8.06. The zero-order valence-electron chi connectivity index (χ0n) is 16.0. The second-order valence-electron chi connectivity index (χ2n) is 6.71. The lowest BCUT2D eigenvalue weighted by Gasteiger charge is -2.15. The number of carbonyl (C=O) groups excluding carboxylic acids is 2. The molecule has 2 aromatic rings. The Balaban J connectivity index is 2.48.